The average molecular weight is 624 g/mol. The minimum Gasteiger partial charge on any atom is -0.321 e. The number of carbonyl (C=O) groups excluding carboxylic acids is 1. The van der Waals surface area contributed by atoms with Gasteiger partial charge in [-0.2, -0.15) is 0 Å². The largest absolute Gasteiger partial charge is 0.321 e. The summed E-state index contributed by atoms with van der Waals surface area (Å²) in [4.78, 5) is 20.5. The van der Waals surface area contributed by atoms with Gasteiger partial charge in [0.25, 0.3) is 10.0 Å². The average Bonchev–Trinajstić information content (AvgIpc) is 3.53. The maximum absolute atomic E-state index is 14.1. The second-order valence-electron chi connectivity index (χ2n) is 12.1. The first kappa shape index (κ1) is 29.4. The third-order valence-electron chi connectivity index (χ3n) is 9.14. The van der Waals surface area contributed by atoms with Crippen LogP contribution in [0.2, 0.25) is 0 Å². The number of pyridine rings is 1. The van der Waals surface area contributed by atoms with E-state index in [1.165, 1.54) is 67.4 Å². The van der Waals surface area contributed by atoms with Crippen molar-refractivity contribution in [2.45, 2.75) is 68.5 Å². The van der Waals surface area contributed by atoms with E-state index in [9.17, 15) is 13.2 Å². The van der Waals surface area contributed by atoms with Crippen LogP contribution in [0.3, 0.4) is 0 Å². The zero-order valence-corrected chi connectivity index (χ0v) is 26.0. The Morgan fingerprint density at radius 2 is 1.84 bits per heavy atom. The van der Waals surface area contributed by atoms with Crippen LogP contribution in [0, 0.1) is 0 Å². The number of fused-ring (bicyclic) bond motifs is 2. The number of nitrogens with zero attached hydrogens (tertiary/aromatic N) is 6. The molecule has 1 fully saturated rings. The number of hydrogen-bond acceptors (Lipinski definition) is 7. The third kappa shape index (κ3) is 5.78. The van der Waals surface area contributed by atoms with E-state index in [1.54, 1.807) is 30.3 Å². The number of likely N-dealkylation sites (tertiary alicyclic amines) is 1. The lowest BCUT2D eigenvalue weighted by Crippen LogP contribution is -2.52. The Morgan fingerprint density at radius 1 is 1.02 bits per heavy atom. The van der Waals surface area contributed by atoms with E-state index in [-0.39, 0.29) is 23.2 Å². The summed E-state index contributed by atoms with van der Waals surface area (Å²) in [5, 5.41) is 11.8. The molecule has 7 rings (SSSR count). The predicted octanol–water partition coefficient (Wildman–Crippen LogP) is 4.99. The number of hydrogen-bond donors (Lipinski definition) is 1. The first-order valence-corrected chi connectivity index (χ1v) is 17.1. The molecule has 2 atom stereocenters. The summed E-state index contributed by atoms with van der Waals surface area (Å²) in [6, 6.07) is 15.5. The molecule has 2 aromatic heterocycles. The van der Waals surface area contributed by atoms with Crippen LogP contribution in [0.15, 0.2) is 78.5 Å². The number of sulfonamides is 1. The van der Waals surface area contributed by atoms with Gasteiger partial charge in [0.1, 0.15) is 6.04 Å². The van der Waals surface area contributed by atoms with Crippen LogP contribution in [0.5, 0.6) is 0 Å². The topological polar surface area (TPSA) is 113 Å². The van der Waals surface area contributed by atoms with Crippen LogP contribution in [0.4, 0.5) is 11.5 Å². The van der Waals surface area contributed by atoms with Crippen molar-refractivity contribution in [3.05, 3.63) is 102 Å². The summed E-state index contributed by atoms with van der Waals surface area (Å²) in [6.07, 6.45) is 12.0. The molecule has 1 N–H and O–H groups in total. The van der Waals surface area contributed by atoms with Gasteiger partial charge < -0.3 is 5.32 Å². The summed E-state index contributed by atoms with van der Waals surface area (Å²) >= 11 is 0. The van der Waals surface area contributed by atoms with E-state index in [4.69, 9.17) is 0 Å². The van der Waals surface area contributed by atoms with Gasteiger partial charge in [-0.15, -0.1) is 5.10 Å². The Bertz CT molecular complexity index is 1830. The van der Waals surface area contributed by atoms with E-state index < -0.39 is 22.0 Å². The fourth-order valence-electron chi connectivity index (χ4n) is 6.83. The maximum Gasteiger partial charge on any atom is 0.266 e. The molecule has 0 bridgehead atoms. The number of carbonyl (C=O) groups is 1. The number of amides is 1. The summed E-state index contributed by atoms with van der Waals surface area (Å²) in [6.45, 7) is 7.07. The van der Waals surface area contributed by atoms with E-state index in [2.05, 4.69) is 50.3 Å². The standard InChI is InChI=1S/C34H37N7O3S/c1-2-24-11-14-28(15-12-24)45(43,44)41-32(34(42)36-30-9-7-17-35-33(30)41)21-27-23-40(38-37-27)31-10-6-8-26-20-25(13-16-29(26)31)22-39-18-4-3-5-19-39/h2,7,9,11-17,20,23,31-32H,1,3-6,8,10,18-19,21-22H2,(H,36,42)/t31-,32-/m1/s1. The molecule has 1 aliphatic carbocycles. The van der Waals surface area contributed by atoms with Crippen LogP contribution >= 0.6 is 0 Å². The molecule has 0 spiro atoms. The van der Waals surface area contributed by atoms with Gasteiger partial charge in [0, 0.05) is 25.4 Å². The molecule has 2 aromatic carbocycles. The van der Waals surface area contributed by atoms with Gasteiger partial charge in [-0.05, 0) is 91.7 Å². The SMILES string of the molecule is C=Cc1ccc(S(=O)(=O)N2c3ncccc3NC(=O)[C@H]2Cc2cn([C@@H]3CCCc4cc(CN5CCCCC5)ccc43)nn2)cc1. The van der Waals surface area contributed by atoms with Crippen LogP contribution < -0.4 is 9.62 Å². The van der Waals surface area contributed by atoms with E-state index >= 15 is 0 Å². The first-order chi connectivity index (χ1) is 21.9. The van der Waals surface area contributed by atoms with Crippen LogP contribution in [-0.4, -0.2) is 58.3 Å². The van der Waals surface area contributed by atoms with Gasteiger partial charge in [-0.1, -0.05) is 54.6 Å². The molecule has 232 valence electrons. The van der Waals surface area contributed by atoms with Crippen molar-refractivity contribution < 1.29 is 13.2 Å². The monoisotopic (exact) mass is 623 g/mol. The van der Waals surface area contributed by atoms with E-state index in [0.717, 1.165) is 35.7 Å². The molecule has 4 aromatic rings. The molecule has 1 saturated heterocycles. The number of piperidine rings is 1. The van der Waals surface area contributed by atoms with Crippen molar-refractivity contribution in [1.29, 1.82) is 0 Å². The Balaban J connectivity index is 1.16. The molecule has 1 amide bonds. The molecule has 4 heterocycles. The quantitative estimate of drug-likeness (QED) is 0.294. The maximum atomic E-state index is 14.1. The number of aromatic nitrogens is 4. The van der Waals surface area contributed by atoms with Crippen LogP contribution in [0.1, 0.15) is 66.1 Å². The summed E-state index contributed by atoms with van der Waals surface area (Å²) in [5.41, 5.74) is 5.62. The molecule has 11 heteroatoms. The third-order valence-corrected chi connectivity index (χ3v) is 10.9. The molecule has 2 aliphatic heterocycles. The lowest BCUT2D eigenvalue weighted by atomic mass is 9.86. The second kappa shape index (κ2) is 12.2. The fraction of sp³-hybridized carbons (Fsp3) is 0.353. The number of anilines is 2. The molecular weight excluding hydrogens is 586 g/mol. The fourth-order valence-corrected chi connectivity index (χ4v) is 8.42. The van der Waals surface area contributed by atoms with Gasteiger partial charge >= 0.3 is 0 Å². The van der Waals surface area contributed by atoms with Crippen molar-refractivity contribution in [2.75, 3.05) is 22.7 Å². The summed E-state index contributed by atoms with van der Waals surface area (Å²) in [5.74, 6) is -0.274. The lowest BCUT2D eigenvalue weighted by molar-refractivity contribution is -0.117. The molecule has 3 aliphatic rings. The smallest absolute Gasteiger partial charge is 0.266 e. The first-order valence-electron chi connectivity index (χ1n) is 15.7. The van der Waals surface area contributed by atoms with Crippen molar-refractivity contribution >= 4 is 33.5 Å². The van der Waals surface area contributed by atoms with Gasteiger partial charge in [0.05, 0.1) is 22.3 Å². The van der Waals surface area contributed by atoms with Gasteiger partial charge in [-0.25, -0.2) is 22.4 Å². The predicted molar refractivity (Wildman–Crippen MR) is 173 cm³/mol. The summed E-state index contributed by atoms with van der Waals surface area (Å²) < 4.78 is 31.1. The molecule has 10 nitrogen and oxygen atoms in total. The van der Waals surface area contributed by atoms with Crippen molar-refractivity contribution in [3.8, 4) is 0 Å². The van der Waals surface area contributed by atoms with Gasteiger partial charge in [-0.3, -0.25) is 9.69 Å². The van der Waals surface area contributed by atoms with Crippen molar-refractivity contribution in [1.82, 2.24) is 24.9 Å². The molecule has 0 unspecified atom stereocenters. The lowest BCUT2D eigenvalue weighted by Gasteiger charge is -2.35. The van der Waals surface area contributed by atoms with Gasteiger partial charge in [0.2, 0.25) is 5.91 Å². The minimum absolute atomic E-state index is 0.0322. The molecule has 45 heavy (non-hydrogen) atoms. The molecule has 0 saturated carbocycles. The highest BCUT2D eigenvalue weighted by Crippen LogP contribution is 2.37. The Morgan fingerprint density at radius 3 is 2.64 bits per heavy atom. The minimum atomic E-state index is -4.15. The number of rotatable bonds is 8. The van der Waals surface area contributed by atoms with E-state index in [1.807, 2.05) is 10.9 Å². The van der Waals surface area contributed by atoms with E-state index in [0.29, 0.717) is 11.4 Å². The highest BCUT2D eigenvalue weighted by Gasteiger charge is 2.42. The Labute approximate surface area is 263 Å². The second-order valence-corrected chi connectivity index (χ2v) is 13.9. The van der Waals surface area contributed by atoms with Crippen molar-refractivity contribution in [2.24, 2.45) is 0 Å². The van der Waals surface area contributed by atoms with Gasteiger partial charge in [0.15, 0.2) is 5.82 Å². The summed E-state index contributed by atoms with van der Waals surface area (Å²) in [7, 11) is -4.15. The van der Waals surface area contributed by atoms with Crippen molar-refractivity contribution in [3.63, 3.8) is 0 Å². The zero-order valence-electron chi connectivity index (χ0n) is 25.2. The highest BCUT2D eigenvalue weighted by atomic mass is 32.2. The Hall–Kier alpha value is -4.35. The normalized spacial score (nSPS) is 20.3. The number of benzene rings is 2. The van der Waals surface area contributed by atoms with Crippen LogP contribution in [-0.2, 0) is 34.2 Å². The zero-order chi connectivity index (χ0) is 31.0. The molecular formula is C34H37N7O3S. The Kier molecular flexibility index (Phi) is 7.97. The van der Waals surface area contributed by atoms with Crippen LogP contribution in [0.25, 0.3) is 6.08 Å². The highest BCUT2D eigenvalue weighted by molar-refractivity contribution is 7.93. The molecule has 0 radical (unpaired) electrons. The number of aryl methyl sites for hydroxylation is 1. The number of nitrogens with one attached hydrogen (secondary N) is 1.